The van der Waals surface area contributed by atoms with Crippen molar-refractivity contribution < 1.29 is 9.59 Å². The van der Waals surface area contributed by atoms with Crippen molar-refractivity contribution in [2.75, 3.05) is 10.6 Å². The third kappa shape index (κ3) is 4.77. The first-order valence-corrected chi connectivity index (χ1v) is 7.49. The molecule has 1 saturated carbocycles. The van der Waals surface area contributed by atoms with Crippen LogP contribution in [0.3, 0.4) is 0 Å². The third-order valence-electron chi connectivity index (χ3n) is 3.68. The predicted molar refractivity (Wildman–Crippen MR) is 84.2 cm³/mol. The number of carbonyl (C=O) groups is 2. The lowest BCUT2D eigenvalue weighted by Gasteiger charge is -2.18. The molecule has 0 aliphatic heterocycles. The maximum absolute atomic E-state index is 12.1. The first-order valence-electron chi connectivity index (χ1n) is 7.49. The van der Waals surface area contributed by atoms with Gasteiger partial charge in [0, 0.05) is 24.3 Å². The van der Waals surface area contributed by atoms with Gasteiger partial charge in [-0.25, -0.2) is 0 Å². The van der Waals surface area contributed by atoms with E-state index in [1.165, 1.54) is 19.8 Å². The highest BCUT2D eigenvalue weighted by Gasteiger charge is 2.20. The largest absolute Gasteiger partial charge is 0.374 e. The topological polar surface area (TPSA) is 70.2 Å². The molecule has 21 heavy (non-hydrogen) atoms. The number of nitrogens with one attached hydrogen (secondary N) is 3. The highest BCUT2D eigenvalue weighted by atomic mass is 16.2. The zero-order valence-corrected chi connectivity index (χ0v) is 12.6. The van der Waals surface area contributed by atoms with Gasteiger partial charge in [0.05, 0.1) is 0 Å². The van der Waals surface area contributed by atoms with Crippen LogP contribution in [-0.2, 0) is 9.59 Å². The first kappa shape index (κ1) is 15.4. The monoisotopic (exact) mass is 289 g/mol. The summed E-state index contributed by atoms with van der Waals surface area (Å²) in [5, 5.41) is 8.96. The van der Waals surface area contributed by atoms with Crippen LogP contribution in [0, 0.1) is 0 Å². The van der Waals surface area contributed by atoms with E-state index in [1.54, 1.807) is 0 Å². The molecule has 2 rings (SSSR count). The zero-order valence-electron chi connectivity index (χ0n) is 12.6. The predicted octanol–water partition coefficient (Wildman–Crippen LogP) is 2.50. The van der Waals surface area contributed by atoms with E-state index >= 15 is 0 Å². The number of hydrogen-bond donors (Lipinski definition) is 3. The summed E-state index contributed by atoms with van der Waals surface area (Å²) in [6.07, 6.45) is 4.59. The third-order valence-corrected chi connectivity index (χ3v) is 3.68. The average Bonchev–Trinajstić information content (AvgIpc) is 2.93. The molecule has 1 aliphatic carbocycles. The van der Waals surface area contributed by atoms with Crippen molar-refractivity contribution in [2.24, 2.45) is 0 Å². The molecule has 0 bridgehead atoms. The Morgan fingerprint density at radius 1 is 1.10 bits per heavy atom. The molecule has 0 unspecified atom stereocenters. The van der Waals surface area contributed by atoms with Crippen LogP contribution in [0.15, 0.2) is 24.3 Å². The molecule has 0 saturated heterocycles. The van der Waals surface area contributed by atoms with Crippen LogP contribution < -0.4 is 16.0 Å². The van der Waals surface area contributed by atoms with Gasteiger partial charge in [0.2, 0.25) is 11.8 Å². The number of amides is 2. The summed E-state index contributed by atoms with van der Waals surface area (Å²) in [6, 6.07) is 7.38. The lowest BCUT2D eigenvalue weighted by Crippen LogP contribution is -2.42. The quantitative estimate of drug-likeness (QED) is 0.780. The molecule has 1 aromatic carbocycles. The molecule has 1 atom stereocenters. The molecule has 114 valence electrons. The van der Waals surface area contributed by atoms with Gasteiger partial charge in [-0.3, -0.25) is 9.59 Å². The van der Waals surface area contributed by atoms with Crippen LogP contribution in [0.2, 0.25) is 0 Å². The molecule has 0 aromatic heterocycles. The number of anilines is 2. The smallest absolute Gasteiger partial charge is 0.242 e. The Labute approximate surface area is 125 Å². The Kier molecular flexibility index (Phi) is 5.20. The van der Waals surface area contributed by atoms with Crippen LogP contribution in [0.4, 0.5) is 11.4 Å². The van der Waals surface area contributed by atoms with Gasteiger partial charge in [0.15, 0.2) is 0 Å². The Hall–Kier alpha value is -2.04. The first-order chi connectivity index (χ1) is 10.0. The van der Waals surface area contributed by atoms with E-state index in [0.29, 0.717) is 6.04 Å². The molecule has 1 aliphatic rings. The minimum Gasteiger partial charge on any atom is -0.374 e. The summed E-state index contributed by atoms with van der Waals surface area (Å²) in [5.41, 5.74) is 1.61. The van der Waals surface area contributed by atoms with E-state index in [2.05, 4.69) is 16.0 Å². The van der Waals surface area contributed by atoms with Crippen LogP contribution in [0.25, 0.3) is 0 Å². The number of hydrogen-bond acceptors (Lipinski definition) is 3. The van der Waals surface area contributed by atoms with E-state index < -0.39 is 0 Å². The summed E-state index contributed by atoms with van der Waals surface area (Å²) >= 11 is 0. The molecule has 5 nitrogen and oxygen atoms in total. The summed E-state index contributed by atoms with van der Waals surface area (Å²) in [7, 11) is 0. The molecule has 2 amide bonds. The van der Waals surface area contributed by atoms with Gasteiger partial charge in [-0.05, 0) is 44.0 Å². The van der Waals surface area contributed by atoms with Gasteiger partial charge >= 0.3 is 0 Å². The van der Waals surface area contributed by atoms with E-state index in [1.807, 2.05) is 31.2 Å². The van der Waals surface area contributed by atoms with Gasteiger partial charge < -0.3 is 16.0 Å². The Balaban J connectivity index is 1.84. The van der Waals surface area contributed by atoms with Crippen LogP contribution in [-0.4, -0.2) is 23.9 Å². The number of carbonyl (C=O) groups excluding carboxylic acids is 2. The van der Waals surface area contributed by atoms with E-state index in [9.17, 15) is 9.59 Å². The Bertz CT molecular complexity index is 493. The molecule has 0 radical (unpaired) electrons. The zero-order chi connectivity index (χ0) is 15.2. The van der Waals surface area contributed by atoms with Crippen LogP contribution in [0.5, 0.6) is 0 Å². The minimum atomic E-state index is -0.280. The molecule has 0 spiro atoms. The van der Waals surface area contributed by atoms with Crippen LogP contribution in [0.1, 0.15) is 39.5 Å². The van der Waals surface area contributed by atoms with Crippen molar-refractivity contribution in [3.63, 3.8) is 0 Å². The summed E-state index contributed by atoms with van der Waals surface area (Å²) in [4.78, 5) is 23.0. The van der Waals surface area contributed by atoms with Crippen LogP contribution >= 0.6 is 0 Å². The fourth-order valence-electron chi connectivity index (χ4n) is 2.56. The lowest BCUT2D eigenvalue weighted by atomic mass is 10.2. The minimum absolute atomic E-state index is 0.0350. The lowest BCUT2D eigenvalue weighted by molar-refractivity contribution is -0.122. The maximum Gasteiger partial charge on any atom is 0.242 e. The van der Waals surface area contributed by atoms with Crippen molar-refractivity contribution in [1.29, 1.82) is 0 Å². The highest BCUT2D eigenvalue weighted by Crippen LogP contribution is 2.18. The second-order valence-corrected chi connectivity index (χ2v) is 5.61. The van der Waals surface area contributed by atoms with Gasteiger partial charge in [0.1, 0.15) is 6.04 Å². The van der Waals surface area contributed by atoms with Crippen molar-refractivity contribution >= 4 is 23.2 Å². The summed E-state index contributed by atoms with van der Waals surface area (Å²) in [6.45, 7) is 3.33. The standard InChI is InChI=1S/C16H23N3O2/c1-11(16(21)19-13-5-3-4-6-13)17-14-7-9-15(10-8-14)18-12(2)20/h7-11,13,17H,3-6H2,1-2H3,(H,18,20)(H,19,21)/t11-/m0/s1. The van der Waals surface area contributed by atoms with Gasteiger partial charge in [-0.1, -0.05) is 12.8 Å². The number of benzene rings is 1. The normalized spacial score (nSPS) is 16.3. The SMILES string of the molecule is CC(=O)Nc1ccc(N[C@@H](C)C(=O)NC2CCCC2)cc1. The Morgan fingerprint density at radius 2 is 1.67 bits per heavy atom. The fraction of sp³-hybridized carbons (Fsp3) is 0.500. The molecular weight excluding hydrogens is 266 g/mol. The van der Waals surface area contributed by atoms with Gasteiger partial charge in [0.25, 0.3) is 0 Å². The highest BCUT2D eigenvalue weighted by molar-refractivity contribution is 5.89. The summed E-state index contributed by atoms with van der Waals surface area (Å²) < 4.78 is 0. The molecular formula is C16H23N3O2. The van der Waals surface area contributed by atoms with E-state index in [0.717, 1.165) is 24.2 Å². The summed E-state index contributed by atoms with van der Waals surface area (Å²) in [5.74, 6) is -0.0622. The van der Waals surface area contributed by atoms with E-state index in [-0.39, 0.29) is 17.9 Å². The molecule has 3 N–H and O–H groups in total. The van der Waals surface area contributed by atoms with Crippen molar-refractivity contribution in [3.05, 3.63) is 24.3 Å². The molecule has 0 heterocycles. The number of rotatable bonds is 5. The fourth-order valence-corrected chi connectivity index (χ4v) is 2.56. The average molecular weight is 289 g/mol. The second-order valence-electron chi connectivity index (χ2n) is 5.61. The molecule has 1 fully saturated rings. The van der Waals surface area contributed by atoms with Crippen molar-refractivity contribution in [1.82, 2.24) is 5.32 Å². The Morgan fingerprint density at radius 3 is 2.24 bits per heavy atom. The van der Waals surface area contributed by atoms with Gasteiger partial charge in [-0.15, -0.1) is 0 Å². The van der Waals surface area contributed by atoms with Gasteiger partial charge in [-0.2, -0.15) is 0 Å². The second kappa shape index (κ2) is 7.11. The molecule has 5 heteroatoms. The molecule has 1 aromatic rings. The van der Waals surface area contributed by atoms with Crippen molar-refractivity contribution in [3.8, 4) is 0 Å². The van der Waals surface area contributed by atoms with Crippen molar-refractivity contribution in [2.45, 2.75) is 51.6 Å². The maximum atomic E-state index is 12.1. The van der Waals surface area contributed by atoms with E-state index in [4.69, 9.17) is 0 Å².